The maximum absolute atomic E-state index is 12.7. The third kappa shape index (κ3) is 4.90. The Morgan fingerprint density at radius 2 is 1.36 bits per heavy atom. The van der Waals surface area contributed by atoms with Gasteiger partial charge in [-0.2, -0.15) is 0 Å². The van der Waals surface area contributed by atoms with E-state index in [2.05, 4.69) is 5.32 Å². The van der Waals surface area contributed by atoms with Crippen LogP contribution in [0.3, 0.4) is 0 Å². The number of carbonyl (C=O) groups excluding carboxylic acids is 1. The molecule has 2 aromatic carbocycles. The van der Waals surface area contributed by atoms with E-state index in [1.807, 2.05) is 60.7 Å². The van der Waals surface area contributed by atoms with Crippen molar-refractivity contribution >= 4 is 11.9 Å². The molecule has 2 rings (SSSR count). The van der Waals surface area contributed by atoms with Gasteiger partial charge in [-0.05, 0) is 31.4 Å². The van der Waals surface area contributed by atoms with E-state index in [-0.39, 0.29) is 6.42 Å². The van der Waals surface area contributed by atoms with Gasteiger partial charge in [-0.25, -0.2) is 4.79 Å². The minimum Gasteiger partial charge on any atom is -0.480 e. The van der Waals surface area contributed by atoms with Crippen LogP contribution in [0.5, 0.6) is 0 Å². The maximum Gasteiger partial charge on any atom is 0.329 e. The molecule has 0 aliphatic rings. The monoisotopic (exact) mass is 340 g/mol. The lowest BCUT2D eigenvalue weighted by atomic mass is 9.88. The van der Waals surface area contributed by atoms with Crippen molar-refractivity contribution in [1.82, 2.24) is 5.32 Å². The predicted molar refractivity (Wildman–Crippen MR) is 97.1 cm³/mol. The second-order valence-electron chi connectivity index (χ2n) is 6.83. The molecule has 0 saturated heterocycles. The maximum atomic E-state index is 12.7. The van der Waals surface area contributed by atoms with Crippen LogP contribution in [-0.2, 0) is 22.4 Å². The first-order chi connectivity index (χ1) is 11.7. The molecule has 25 heavy (non-hydrogen) atoms. The molecule has 5 nitrogen and oxygen atoms in total. The standard InChI is InChI=1S/C20H24N2O3/c1-19(21,13-15-9-5-3-6-10-15)17(23)22-20(2,18(24)25)14-16-11-7-4-8-12-16/h3-12H,13-14,21H2,1-2H3,(H,22,23)(H,24,25)/t19-,20+/m0/s1. The van der Waals surface area contributed by atoms with E-state index in [1.165, 1.54) is 6.92 Å². The molecule has 0 bridgehead atoms. The van der Waals surface area contributed by atoms with Crippen LogP contribution in [-0.4, -0.2) is 28.1 Å². The molecule has 0 aliphatic heterocycles. The first-order valence-corrected chi connectivity index (χ1v) is 8.16. The molecule has 0 unspecified atom stereocenters. The molecule has 0 spiro atoms. The lowest BCUT2D eigenvalue weighted by Gasteiger charge is -2.32. The van der Waals surface area contributed by atoms with Crippen LogP contribution in [0, 0.1) is 0 Å². The molecule has 132 valence electrons. The lowest BCUT2D eigenvalue weighted by molar-refractivity contribution is -0.147. The first kappa shape index (κ1) is 18.7. The van der Waals surface area contributed by atoms with Gasteiger partial charge in [0.15, 0.2) is 0 Å². The Balaban J connectivity index is 2.15. The summed E-state index contributed by atoms with van der Waals surface area (Å²) in [6.45, 7) is 3.11. The number of rotatable bonds is 7. The third-order valence-corrected chi connectivity index (χ3v) is 4.19. The Hall–Kier alpha value is -2.66. The van der Waals surface area contributed by atoms with Crippen molar-refractivity contribution in [3.05, 3.63) is 71.8 Å². The summed E-state index contributed by atoms with van der Waals surface area (Å²) in [7, 11) is 0. The van der Waals surface area contributed by atoms with Crippen molar-refractivity contribution < 1.29 is 14.7 Å². The normalized spacial score (nSPS) is 15.6. The van der Waals surface area contributed by atoms with Crippen LogP contribution in [0.25, 0.3) is 0 Å². The van der Waals surface area contributed by atoms with E-state index < -0.39 is 23.0 Å². The largest absolute Gasteiger partial charge is 0.480 e. The minimum absolute atomic E-state index is 0.177. The van der Waals surface area contributed by atoms with Gasteiger partial charge in [-0.3, -0.25) is 4.79 Å². The minimum atomic E-state index is -1.43. The van der Waals surface area contributed by atoms with Gasteiger partial charge in [0.2, 0.25) is 5.91 Å². The summed E-state index contributed by atoms with van der Waals surface area (Å²) >= 11 is 0. The highest BCUT2D eigenvalue weighted by Crippen LogP contribution is 2.17. The summed E-state index contributed by atoms with van der Waals surface area (Å²) in [6, 6.07) is 18.6. The van der Waals surface area contributed by atoms with Crippen molar-refractivity contribution in [2.24, 2.45) is 5.73 Å². The summed E-state index contributed by atoms with van der Waals surface area (Å²) in [6.07, 6.45) is 0.497. The van der Waals surface area contributed by atoms with Gasteiger partial charge in [0, 0.05) is 6.42 Å². The summed E-state index contributed by atoms with van der Waals surface area (Å²) < 4.78 is 0. The number of amides is 1. The van der Waals surface area contributed by atoms with Crippen LogP contribution >= 0.6 is 0 Å². The highest BCUT2D eigenvalue weighted by molar-refractivity contribution is 5.92. The Kier molecular flexibility index (Phi) is 5.59. The molecule has 2 aromatic rings. The van der Waals surface area contributed by atoms with Gasteiger partial charge >= 0.3 is 5.97 Å². The van der Waals surface area contributed by atoms with Crippen molar-refractivity contribution in [1.29, 1.82) is 0 Å². The number of benzene rings is 2. The first-order valence-electron chi connectivity index (χ1n) is 8.16. The summed E-state index contributed by atoms with van der Waals surface area (Å²) in [4.78, 5) is 24.5. The molecular weight excluding hydrogens is 316 g/mol. The number of carboxylic acid groups (broad SMARTS) is 1. The topological polar surface area (TPSA) is 92.4 Å². The van der Waals surface area contributed by atoms with Crippen molar-refractivity contribution in [3.63, 3.8) is 0 Å². The van der Waals surface area contributed by atoms with Crippen molar-refractivity contribution in [2.75, 3.05) is 0 Å². The number of carbonyl (C=O) groups is 2. The smallest absolute Gasteiger partial charge is 0.329 e. The van der Waals surface area contributed by atoms with Crippen LogP contribution < -0.4 is 11.1 Å². The number of nitrogens with one attached hydrogen (secondary N) is 1. The Bertz CT molecular complexity index is 729. The van der Waals surface area contributed by atoms with E-state index >= 15 is 0 Å². The van der Waals surface area contributed by atoms with Gasteiger partial charge in [-0.1, -0.05) is 60.7 Å². The number of aliphatic carboxylic acids is 1. The Morgan fingerprint density at radius 3 is 1.80 bits per heavy atom. The van der Waals surface area contributed by atoms with Crippen LogP contribution in [0.1, 0.15) is 25.0 Å². The highest BCUT2D eigenvalue weighted by atomic mass is 16.4. The van der Waals surface area contributed by atoms with E-state index in [0.29, 0.717) is 6.42 Å². The fourth-order valence-corrected chi connectivity index (χ4v) is 2.67. The molecule has 0 aliphatic carbocycles. The van der Waals surface area contributed by atoms with E-state index in [1.54, 1.807) is 6.92 Å². The van der Waals surface area contributed by atoms with E-state index in [4.69, 9.17) is 5.73 Å². The highest BCUT2D eigenvalue weighted by Gasteiger charge is 2.39. The average Bonchev–Trinajstić information content (AvgIpc) is 2.56. The Labute approximate surface area is 147 Å². The fourth-order valence-electron chi connectivity index (χ4n) is 2.67. The summed E-state index contributed by atoms with van der Waals surface area (Å²) in [5, 5.41) is 12.3. The molecule has 2 atom stereocenters. The zero-order chi connectivity index (χ0) is 18.5. The Morgan fingerprint density at radius 1 is 0.920 bits per heavy atom. The van der Waals surface area contributed by atoms with Gasteiger partial charge in [0.05, 0.1) is 5.54 Å². The third-order valence-electron chi connectivity index (χ3n) is 4.19. The molecule has 0 saturated carbocycles. The van der Waals surface area contributed by atoms with Crippen molar-refractivity contribution in [3.8, 4) is 0 Å². The number of nitrogens with two attached hydrogens (primary N) is 1. The second kappa shape index (κ2) is 7.49. The second-order valence-corrected chi connectivity index (χ2v) is 6.83. The van der Waals surface area contributed by atoms with E-state index in [0.717, 1.165) is 11.1 Å². The fraction of sp³-hybridized carbons (Fsp3) is 0.300. The lowest BCUT2D eigenvalue weighted by Crippen LogP contribution is -2.62. The number of hydrogen-bond donors (Lipinski definition) is 3. The molecule has 0 aromatic heterocycles. The van der Waals surface area contributed by atoms with Gasteiger partial charge in [0.25, 0.3) is 0 Å². The molecular formula is C20H24N2O3. The van der Waals surface area contributed by atoms with E-state index in [9.17, 15) is 14.7 Å². The molecule has 0 fully saturated rings. The molecule has 1 amide bonds. The molecule has 0 radical (unpaired) electrons. The van der Waals surface area contributed by atoms with Crippen molar-refractivity contribution in [2.45, 2.75) is 37.8 Å². The molecule has 5 heteroatoms. The summed E-state index contributed by atoms with van der Waals surface area (Å²) in [5.74, 6) is -1.59. The van der Waals surface area contributed by atoms with Crippen LogP contribution in [0.4, 0.5) is 0 Å². The SMILES string of the molecule is C[C@](N)(Cc1ccccc1)C(=O)N[C@](C)(Cc1ccccc1)C(=O)O. The predicted octanol–water partition coefficient (Wildman–Crippen LogP) is 2.15. The molecule has 0 heterocycles. The average molecular weight is 340 g/mol. The number of hydrogen-bond acceptors (Lipinski definition) is 3. The summed E-state index contributed by atoms with van der Waals surface area (Å²) in [5.41, 5.74) is 5.29. The zero-order valence-electron chi connectivity index (χ0n) is 14.5. The van der Waals surface area contributed by atoms with Gasteiger partial charge in [0.1, 0.15) is 5.54 Å². The van der Waals surface area contributed by atoms with Gasteiger partial charge in [-0.15, -0.1) is 0 Å². The zero-order valence-corrected chi connectivity index (χ0v) is 14.5. The van der Waals surface area contributed by atoms with Crippen LogP contribution in [0.2, 0.25) is 0 Å². The quantitative estimate of drug-likeness (QED) is 0.720. The molecule has 4 N–H and O–H groups in total. The van der Waals surface area contributed by atoms with Gasteiger partial charge < -0.3 is 16.2 Å². The van der Waals surface area contributed by atoms with Crippen LogP contribution in [0.15, 0.2) is 60.7 Å². The number of carboxylic acids is 1.